The highest BCUT2D eigenvalue weighted by Gasteiger charge is 2.25. The molecule has 0 fully saturated rings. The second-order valence-corrected chi connectivity index (χ2v) is 8.06. The van der Waals surface area contributed by atoms with Gasteiger partial charge < -0.3 is 19.7 Å². The molecule has 1 amide bonds. The van der Waals surface area contributed by atoms with Crippen LogP contribution in [0.5, 0.6) is 11.5 Å². The van der Waals surface area contributed by atoms with Gasteiger partial charge >= 0.3 is 0 Å². The Kier molecular flexibility index (Phi) is 6.76. The molecule has 3 aromatic rings. The van der Waals surface area contributed by atoms with E-state index in [0.717, 1.165) is 34.8 Å². The highest BCUT2D eigenvalue weighted by atomic mass is 32.2. The summed E-state index contributed by atoms with van der Waals surface area (Å²) < 4.78 is 11.8. The van der Waals surface area contributed by atoms with Gasteiger partial charge in [-0.25, -0.2) is 9.97 Å². The second-order valence-electron chi connectivity index (χ2n) is 7.12. The molecule has 2 aromatic carbocycles. The SMILES string of the molecule is CCNc1nc(SCC(=O)N(CC)CC2COc3ccccc3O2)nc2ccccc12. The molecule has 2 heterocycles. The summed E-state index contributed by atoms with van der Waals surface area (Å²) in [4.78, 5) is 23.9. The normalized spacial score (nSPS) is 15.0. The molecule has 4 rings (SSSR count). The average Bonchev–Trinajstić information content (AvgIpc) is 2.81. The second kappa shape index (κ2) is 9.87. The number of thioether (sulfide) groups is 1. The van der Waals surface area contributed by atoms with Gasteiger partial charge in [0, 0.05) is 18.5 Å². The van der Waals surface area contributed by atoms with E-state index >= 15 is 0 Å². The molecule has 0 aliphatic carbocycles. The summed E-state index contributed by atoms with van der Waals surface area (Å²) in [5, 5.41) is 4.85. The molecule has 1 N–H and O–H groups in total. The predicted molar refractivity (Wildman–Crippen MR) is 123 cm³/mol. The number of aromatic nitrogens is 2. The minimum absolute atomic E-state index is 0.0247. The molecule has 1 aliphatic heterocycles. The van der Waals surface area contributed by atoms with E-state index in [1.165, 1.54) is 11.8 Å². The van der Waals surface area contributed by atoms with Crippen LogP contribution in [-0.4, -0.2) is 58.9 Å². The van der Waals surface area contributed by atoms with Crippen molar-refractivity contribution in [2.45, 2.75) is 25.1 Å². The summed E-state index contributed by atoms with van der Waals surface area (Å²) >= 11 is 1.35. The fourth-order valence-electron chi connectivity index (χ4n) is 3.45. The van der Waals surface area contributed by atoms with Crippen molar-refractivity contribution in [3.05, 3.63) is 48.5 Å². The quantitative estimate of drug-likeness (QED) is 0.423. The summed E-state index contributed by atoms with van der Waals surface area (Å²) in [7, 11) is 0. The first-order chi connectivity index (χ1) is 15.2. The minimum Gasteiger partial charge on any atom is -0.486 e. The summed E-state index contributed by atoms with van der Waals surface area (Å²) in [6, 6.07) is 15.5. The number of anilines is 1. The molecule has 1 aromatic heterocycles. The lowest BCUT2D eigenvalue weighted by atomic mass is 10.2. The van der Waals surface area contributed by atoms with E-state index in [2.05, 4.69) is 15.3 Å². The van der Waals surface area contributed by atoms with E-state index in [-0.39, 0.29) is 17.8 Å². The topological polar surface area (TPSA) is 76.6 Å². The fraction of sp³-hybridized carbons (Fsp3) is 0.348. The molecule has 7 nitrogen and oxygen atoms in total. The van der Waals surface area contributed by atoms with Gasteiger partial charge in [-0.1, -0.05) is 36.0 Å². The summed E-state index contributed by atoms with van der Waals surface area (Å²) in [6.45, 7) is 6.26. The van der Waals surface area contributed by atoms with Gasteiger partial charge in [0.2, 0.25) is 5.91 Å². The molecule has 1 aliphatic rings. The van der Waals surface area contributed by atoms with Crippen molar-refractivity contribution in [3.63, 3.8) is 0 Å². The van der Waals surface area contributed by atoms with E-state index in [9.17, 15) is 4.79 Å². The van der Waals surface area contributed by atoms with Gasteiger partial charge in [0.15, 0.2) is 22.8 Å². The van der Waals surface area contributed by atoms with Crippen LogP contribution in [0.1, 0.15) is 13.8 Å². The van der Waals surface area contributed by atoms with Gasteiger partial charge in [-0.15, -0.1) is 0 Å². The number of carbonyl (C=O) groups excluding carboxylic acids is 1. The summed E-state index contributed by atoms with van der Waals surface area (Å²) in [5.41, 5.74) is 0.863. The smallest absolute Gasteiger partial charge is 0.233 e. The Morgan fingerprint density at radius 1 is 1.13 bits per heavy atom. The lowest BCUT2D eigenvalue weighted by molar-refractivity contribution is -0.129. The number of rotatable bonds is 8. The Morgan fingerprint density at radius 3 is 2.71 bits per heavy atom. The Morgan fingerprint density at radius 2 is 1.90 bits per heavy atom. The number of fused-ring (bicyclic) bond motifs is 2. The third-order valence-electron chi connectivity index (χ3n) is 4.98. The molecule has 0 saturated carbocycles. The van der Waals surface area contributed by atoms with E-state index in [0.29, 0.717) is 24.9 Å². The Balaban J connectivity index is 1.39. The van der Waals surface area contributed by atoms with Gasteiger partial charge in [-0.2, -0.15) is 0 Å². The van der Waals surface area contributed by atoms with Crippen LogP contribution in [-0.2, 0) is 4.79 Å². The zero-order chi connectivity index (χ0) is 21.6. The van der Waals surface area contributed by atoms with Crippen LogP contribution < -0.4 is 14.8 Å². The van der Waals surface area contributed by atoms with Gasteiger partial charge in [0.25, 0.3) is 0 Å². The first-order valence-corrected chi connectivity index (χ1v) is 11.5. The van der Waals surface area contributed by atoms with Crippen LogP contribution in [0.25, 0.3) is 10.9 Å². The number of carbonyl (C=O) groups is 1. The van der Waals surface area contributed by atoms with Crippen molar-refractivity contribution in [1.29, 1.82) is 0 Å². The van der Waals surface area contributed by atoms with Crippen LogP contribution >= 0.6 is 11.8 Å². The zero-order valence-electron chi connectivity index (χ0n) is 17.7. The molecule has 1 atom stereocenters. The molecule has 31 heavy (non-hydrogen) atoms. The molecule has 162 valence electrons. The van der Waals surface area contributed by atoms with Crippen LogP contribution in [0.4, 0.5) is 5.82 Å². The number of hydrogen-bond donors (Lipinski definition) is 1. The van der Waals surface area contributed by atoms with Crippen LogP contribution in [0.3, 0.4) is 0 Å². The van der Waals surface area contributed by atoms with E-state index in [4.69, 9.17) is 9.47 Å². The molecular weight excluding hydrogens is 412 g/mol. The highest BCUT2D eigenvalue weighted by molar-refractivity contribution is 7.99. The van der Waals surface area contributed by atoms with Crippen molar-refractivity contribution in [3.8, 4) is 11.5 Å². The highest BCUT2D eigenvalue weighted by Crippen LogP contribution is 2.31. The van der Waals surface area contributed by atoms with Crippen molar-refractivity contribution in [2.24, 2.45) is 0 Å². The predicted octanol–water partition coefficient (Wildman–Crippen LogP) is 3.84. The van der Waals surface area contributed by atoms with E-state index < -0.39 is 0 Å². The Hall–Kier alpha value is -3.00. The molecule has 0 spiro atoms. The van der Waals surface area contributed by atoms with Gasteiger partial charge in [-0.05, 0) is 38.1 Å². The van der Waals surface area contributed by atoms with Crippen LogP contribution in [0, 0.1) is 0 Å². The molecule has 1 unspecified atom stereocenters. The number of nitrogens with zero attached hydrogens (tertiary/aromatic N) is 3. The maximum absolute atomic E-state index is 12.9. The van der Waals surface area contributed by atoms with Crippen molar-refractivity contribution in [2.75, 3.05) is 37.3 Å². The average molecular weight is 439 g/mol. The number of hydrogen-bond acceptors (Lipinski definition) is 7. The standard InChI is InChI=1S/C23H26N4O3S/c1-3-24-22-17-9-5-6-10-18(17)25-23(26-22)31-15-21(28)27(4-2)13-16-14-29-19-11-7-8-12-20(19)30-16/h5-12,16H,3-4,13-15H2,1-2H3,(H,24,25,26). The van der Waals surface area contributed by atoms with Crippen molar-refractivity contribution in [1.82, 2.24) is 14.9 Å². The van der Waals surface area contributed by atoms with E-state index in [1.54, 1.807) is 4.90 Å². The van der Waals surface area contributed by atoms with E-state index in [1.807, 2.05) is 62.4 Å². The minimum atomic E-state index is -0.193. The molecule has 8 heteroatoms. The van der Waals surface area contributed by atoms with Crippen molar-refractivity contribution >= 4 is 34.4 Å². The fourth-order valence-corrected chi connectivity index (χ4v) is 4.20. The largest absolute Gasteiger partial charge is 0.486 e. The zero-order valence-corrected chi connectivity index (χ0v) is 18.5. The monoisotopic (exact) mass is 438 g/mol. The molecule has 0 bridgehead atoms. The third-order valence-corrected chi connectivity index (χ3v) is 5.81. The number of benzene rings is 2. The number of nitrogens with one attached hydrogen (secondary N) is 1. The number of amides is 1. The number of likely N-dealkylation sites (N-methyl/N-ethyl adjacent to an activating group) is 1. The first kappa shape index (κ1) is 21.2. The first-order valence-electron chi connectivity index (χ1n) is 10.5. The van der Waals surface area contributed by atoms with Gasteiger partial charge in [-0.3, -0.25) is 4.79 Å². The molecular formula is C23H26N4O3S. The van der Waals surface area contributed by atoms with Crippen molar-refractivity contribution < 1.29 is 14.3 Å². The van der Waals surface area contributed by atoms with Crippen LogP contribution in [0.2, 0.25) is 0 Å². The number of ether oxygens (including phenoxy) is 2. The lowest BCUT2D eigenvalue weighted by Crippen LogP contribution is -2.44. The van der Waals surface area contributed by atoms with Gasteiger partial charge in [0.1, 0.15) is 12.4 Å². The Bertz CT molecular complexity index is 1060. The maximum atomic E-state index is 12.9. The lowest BCUT2D eigenvalue weighted by Gasteiger charge is -2.30. The summed E-state index contributed by atoms with van der Waals surface area (Å²) in [5.74, 6) is 2.55. The maximum Gasteiger partial charge on any atom is 0.233 e. The summed E-state index contributed by atoms with van der Waals surface area (Å²) in [6.07, 6.45) is -0.193. The van der Waals surface area contributed by atoms with Crippen LogP contribution in [0.15, 0.2) is 53.7 Å². The molecule has 0 radical (unpaired) electrons. The third kappa shape index (κ3) is 5.02. The Labute approximate surface area is 186 Å². The van der Waals surface area contributed by atoms with Gasteiger partial charge in [0.05, 0.1) is 17.8 Å². The molecule has 0 saturated heterocycles. The number of para-hydroxylation sites is 3.